The molecule has 0 unspecified atom stereocenters. The Morgan fingerprint density at radius 3 is 2.37 bits per heavy atom. The lowest BCUT2D eigenvalue weighted by Gasteiger charge is -2.35. The van der Waals surface area contributed by atoms with Gasteiger partial charge in [0.25, 0.3) is 15.9 Å². The Hall–Kier alpha value is -4.77. The number of ether oxygens (including phenoxy) is 1. The molecular formula is C35H39N5O5S. The Labute approximate surface area is 270 Å². The molecule has 0 saturated heterocycles. The minimum Gasteiger partial charge on any atom is -0.475 e. The molecule has 0 radical (unpaired) electrons. The molecule has 240 valence electrons. The van der Waals surface area contributed by atoms with E-state index in [1.54, 1.807) is 12.1 Å². The summed E-state index contributed by atoms with van der Waals surface area (Å²) < 4.78 is 35.9. The van der Waals surface area contributed by atoms with Crippen molar-refractivity contribution < 1.29 is 22.7 Å². The Kier molecular flexibility index (Phi) is 9.43. The SMILES string of the molecule is Cc1cccc(C)c1-c1cc2nc(n1)NS(=O)(=O)c1cccc(c1)C(=O)N(CC(=O)NCc1ccccc1)[C@H](CC(C)(C)C)CO2. The number of fused-ring (bicyclic) bond motifs is 4. The van der Waals surface area contributed by atoms with Gasteiger partial charge in [-0.2, -0.15) is 4.98 Å². The van der Waals surface area contributed by atoms with Crippen LogP contribution >= 0.6 is 0 Å². The number of amides is 2. The number of rotatable bonds is 6. The van der Waals surface area contributed by atoms with Gasteiger partial charge in [0.15, 0.2) is 0 Å². The molecule has 3 aromatic carbocycles. The molecule has 0 aliphatic carbocycles. The number of carbonyl (C=O) groups excluding carboxylic acids is 2. The molecule has 2 heterocycles. The first-order valence-electron chi connectivity index (χ1n) is 15.1. The normalized spacial score (nSPS) is 16.2. The van der Waals surface area contributed by atoms with Crippen molar-refractivity contribution in [1.82, 2.24) is 20.2 Å². The Bertz CT molecular complexity index is 1830. The molecule has 1 aliphatic heterocycles. The molecule has 2 amide bonds. The summed E-state index contributed by atoms with van der Waals surface area (Å²) >= 11 is 0. The summed E-state index contributed by atoms with van der Waals surface area (Å²) in [6, 6.07) is 22.2. The maximum atomic E-state index is 14.2. The summed E-state index contributed by atoms with van der Waals surface area (Å²) in [6.07, 6.45) is 0.489. The quantitative estimate of drug-likeness (QED) is 0.284. The van der Waals surface area contributed by atoms with Crippen LogP contribution in [0.3, 0.4) is 0 Å². The van der Waals surface area contributed by atoms with Crippen LogP contribution in [0.1, 0.15) is 54.2 Å². The van der Waals surface area contributed by atoms with Crippen LogP contribution < -0.4 is 14.8 Å². The van der Waals surface area contributed by atoms with E-state index in [0.29, 0.717) is 18.7 Å². The number of aryl methyl sites for hydroxylation is 2. The molecule has 5 rings (SSSR count). The van der Waals surface area contributed by atoms with Gasteiger partial charge < -0.3 is 15.0 Å². The van der Waals surface area contributed by atoms with Crippen molar-refractivity contribution in [3.05, 3.63) is 101 Å². The van der Waals surface area contributed by atoms with Gasteiger partial charge in [-0.3, -0.25) is 9.59 Å². The average molecular weight is 642 g/mol. The third kappa shape index (κ3) is 7.89. The molecule has 4 bridgehead atoms. The van der Waals surface area contributed by atoms with Gasteiger partial charge in [0.2, 0.25) is 17.7 Å². The summed E-state index contributed by atoms with van der Waals surface area (Å²) in [7, 11) is -4.20. The zero-order valence-corrected chi connectivity index (χ0v) is 27.5. The number of carbonyl (C=O) groups is 2. The van der Waals surface area contributed by atoms with E-state index >= 15 is 0 Å². The maximum absolute atomic E-state index is 14.2. The summed E-state index contributed by atoms with van der Waals surface area (Å²) in [4.78, 5) is 37.8. The van der Waals surface area contributed by atoms with Gasteiger partial charge >= 0.3 is 0 Å². The van der Waals surface area contributed by atoms with Crippen LogP contribution in [0.15, 0.2) is 83.8 Å². The summed E-state index contributed by atoms with van der Waals surface area (Å²) in [5, 5.41) is 2.91. The van der Waals surface area contributed by atoms with Crippen LogP contribution in [0.5, 0.6) is 5.88 Å². The first kappa shape index (κ1) is 32.6. The minimum absolute atomic E-state index is 0.00403. The highest BCUT2D eigenvalue weighted by Crippen LogP contribution is 2.31. The van der Waals surface area contributed by atoms with Crippen LogP contribution in [0.4, 0.5) is 5.95 Å². The van der Waals surface area contributed by atoms with Crippen molar-refractivity contribution in [2.45, 2.75) is 58.5 Å². The molecule has 2 N–H and O–H groups in total. The molecule has 10 nitrogen and oxygen atoms in total. The standard InChI is InChI=1S/C35H39N5O5S/c1-23-11-9-12-24(2)32(23)29-18-31-38-34(37-29)39-46(43,44)28-16-10-15-26(17-28)33(42)40(27(22-45-31)19-35(3,4)5)21-30(41)36-20-25-13-7-6-8-14-25/h6-18,27H,19-22H2,1-5H3,(H,36,41)(H,37,38,39)/t27-/m1/s1. The minimum atomic E-state index is -4.20. The fourth-order valence-electron chi connectivity index (χ4n) is 5.55. The van der Waals surface area contributed by atoms with Crippen molar-refractivity contribution in [2.24, 2.45) is 5.41 Å². The molecule has 4 aromatic rings. The van der Waals surface area contributed by atoms with Crippen LogP contribution in [0, 0.1) is 19.3 Å². The number of nitrogens with one attached hydrogen (secondary N) is 2. The molecule has 0 saturated carbocycles. The van der Waals surface area contributed by atoms with Gasteiger partial charge in [0.1, 0.15) is 13.2 Å². The first-order chi connectivity index (χ1) is 21.8. The number of sulfonamides is 1. The lowest BCUT2D eigenvalue weighted by atomic mass is 9.87. The maximum Gasteiger partial charge on any atom is 0.264 e. The van der Waals surface area contributed by atoms with E-state index in [2.05, 4.69) is 20.0 Å². The predicted molar refractivity (Wildman–Crippen MR) is 177 cm³/mol. The molecule has 11 heteroatoms. The molecular weight excluding hydrogens is 602 g/mol. The Balaban J connectivity index is 1.59. The number of aromatic nitrogens is 2. The highest BCUT2D eigenvalue weighted by atomic mass is 32.2. The molecule has 46 heavy (non-hydrogen) atoms. The van der Waals surface area contributed by atoms with Gasteiger partial charge in [-0.25, -0.2) is 18.1 Å². The van der Waals surface area contributed by atoms with E-state index in [9.17, 15) is 18.0 Å². The second kappa shape index (κ2) is 13.3. The van der Waals surface area contributed by atoms with Crippen LogP contribution in [0.2, 0.25) is 0 Å². The van der Waals surface area contributed by atoms with Crippen LogP contribution in [0.25, 0.3) is 11.3 Å². The second-order valence-corrected chi connectivity index (χ2v) is 14.4. The third-order valence-corrected chi connectivity index (χ3v) is 9.00. The lowest BCUT2D eigenvalue weighted by Crippen LogP contribution is -2.50. The van der Waals surface area contributed by atoms with E-state index in [1.165, 1.54) is 23.1 Å². The van der Waals surface area contributed by atoms with Gasteiger partial charge in [-0.15, -0.1) is 0 Å². The van der Waals surface area contributed by atoms with E-state index in [-0.39, 0.29) is 46.8 Å². The van der Waals surface area contributed by atoms with Crippen molar-refractivity contribution >= 4 is 27.8 Å². The smallest absolute Gasteiger partial charge is 0.264 e. The van der Waals surface area contributed by atoms with Crippen LogP contribution in [-0.4, -0.2) is 54.3 Å². The molecule has 0 fully saturated rings. The topological polar surface area (TPSA) is 131 Å². The number of anilines is 1. The molecule has 1 aliphatic rings. The monoisotopic (exact) mass is 641 g/mol. The number of hydrogen-bond donors (Lipinski definition) is 2. The van der Waals surface area contributed by atoms with Gasteiger partial charge in [0.05, 0.1) is 16.6 Å². The highest BCUT2D eigenvalue weighted by molar-refractivity contribution is 7.92. The Morgan fingerprint density at radius 1 is 0.978 bits per heavy atom. The average Bonchev–Trinajstić information content (AvgIpc) is 3.00. The number of nitrogens with zero attached hydrogens (tertiary/aromatic N) is 3. The van der Waals surface area contributed by atoms with Crippen molar-refractivity contribution in [1.29, 1.82) is 0 Å². The van der Waals surface area contributed by atoms with Gasteiger partial charge in [-0.1, -0.05) is 75.4 Å². The van der Waals surface area contributed by atoms with Crippen molar-refractivity contribution in [3.8, 4) is 17.1 Å². The van der Waals surface area contributed by atoms with E-state index in [4.69, 9.17) is 4.74 Å². The predicted octanol–water partition coefficient (Wildman–Crippen LogP) is 5.52. The molecule has 0 spiro atoms. The van der Waals surface area contributed by atoms with E-state index in [0.717, 1.165) is 22.3 Å². The van der Waals surface area contributed by atoms with Crippen LogP contribution in [-0.2, 0) is 21.4 Å². The summed E-state index contributed by atoms with van der Waals surface area (Å²) in [5.41, 5.74) is 4.02. The lowest BCUT2D eigenvalue weighted by molar-refractivity contribution is -0.122. The van der Waals surface area contributed by atoms with E-state index in [1.807, 2.05) is 83.1 Å². The largest absolute Gasteiger partial charge is 0.475 e. The fraction of sp³-hybridized carbons (Fsp3) is 0.314. The fourth-order valence-corrected chi connectivity index (χ4v) is 6.54. The Morgan fingerprint density at radius 2 is 1.67 bits per heavy atom. The summed E-state index contributed by atoms with van der Waals surface area (Å²) in [5.74, 6) is -0.864. The zero-order valence-electron chi connectivity index (χ0n) is 26.7. The van der Waals surface area contributed by atoms with Gasteiger partial charge in [-0.05, 0) is 60.6 Å². The van der Waals surface area contributed by atoms with Crippen molar-refractivity contribution in [2.75, 3.05) is 17.9 Å². The third-order valence-electron chi connectivity index (χ3n) is 7.68. The summed E-state index contributed by atoms with van der Waals surface area (Å²) in [6.45, 7) is 10.1. The molecule has 1 aromatic heterocycles. The van der Waals surface area contributed by atoms with Crippen molar-refractivity contribution in [3.63, 3.8) is 0 Å². The first-order valence-corrected chi connectivity index (χ1v) is 16.6. The number of hydrogen-bond acceptors (Lipinski definition) is 7. The zero-order chi connectivity index (χ0) is 33.1. The number of benzene rings is 3. The second-order valence-electron chi connectivity index (χ2n) is 12.7. The molecule has 1 atom stereocenters. The van der Waals surface area contributed by atoms with E-state index < -0.39 is 22.0 Å². The highest BCUT2D eigenvalue weighted by Gasteiger charge is 2.32. The van der Waals surface area contributed by atoms with Gasteiger partial charge in [0, 0.05) is 23.7 Å².